The molecule has 2 atom stereocenters. The molecule has 0 bridgehead atoms. The highest BCUT2D eigenvalue weighted by molar-refractivity contribution is 7.92. The summed E-state index contributed by atoms with van der Waals surface area (Å²) in [6.45, 7) is 4.76. The molecular weight excluding hydrogens is 581 g/mol. The quantitative estimate of drug-likeness (QED) is 0.194. The molecule has 44 heavy (non-hydrogen) atoms. The van der Waals surface area contributed by atoms with Crippen molar-refractivity contribution in [3.63, 3.8) is 0 Å². The lowest BCUT2D eigenvalue weighted by molar-refractivity contribution is -0.139. The van der Waals surface area contributed by atoms with Gasteiger partial charge in [-0.2, -0.15) is 0 Å². The van der Waals surface area contributed by atoms with Crippen molar-refractivity contribution in [1.29, 1.82) is 0 Å². The third-order valence-electron chi connectivity index (χ3n) is 7.15. The largest absolute Gasteiger partial charge is 0.457 e. The highest BCUT2D eigenvalue weighted by Crippen LogP contribution is 2.28. The molecule has 0 aliphatic heterocycles. The van der Waals surface area contributed by atoms with Gasteiger partial charge < -0.3 is 15.0 Å². The second-order valence-electron chi connectivity index (χ2n) is 10.4. The molecule has 0 radical (unpaired) electrons. The van der Waals surface area contributed by atoms with Gasteiger partial charge in [-0.15, -0.1) is 0 Å². The normalized spacial score (nSPS) is 12.5. The highest BCUT2D eigenvalue weighted by Gasteiger charge is 2.32. The van der Waals surface area contributed by atoms with Crippen molar-refractivity contribution in [1.82, 2.24) is 10.2 Å². The Balaban J connectivity index is 1.68. The summed E-state index contributed by atoms with van der Waals surface area (Å²) < 4.78 is 48.4. The molecular formula is C34H36FN3O5S. The van der Waals surface area contributed by atoms with Crippen LogP contribution in [0.25, 0.3) is 0 Å². The molecule has 0 saturated heterocycles. The molecule has 0 unspecified atom stereocenters. The van der Waals surface area contributed by atoms with E-state index in [0.717, 1.165) is 4.31 Å². The maximum absolute atomic E-state index is 14.0. The first-order valence-corrected chi connectivity index (χ1v) is 15.8. The lowest BCUT2D eigenvalue weighted by atomic mass is 10.1. The second kappa shape index (κ2) is 14.7. The zero-order chi connectivity index (χ0) is 31.7. The summed E-state index contributed by atoms with van der Waals surface area (Å²) in [4.78, 5) is 28.5. The van der Waals surface area contributed by atoms with E-state index >= 15 is 0 Å². The molecule has 4 aromatic carbocycles. The first-order chi connectivity index (χ1) is 21.1. The number of carbonyl (C=O) groups excluding carboxylic acids is 2. The number of rotatable bonds is 13. The molecule has 0 saturated carbocycles. The van der Waals surface area contributed by atoms with Crippen molar-refractivity contribution in [3.8, 4) is 11.5 Å². The smallest absolute Gasteiger partial charge is 0.264 e. The number of nitrogens with one attached hydrogen (secondary N) is 1. The Kier molecular flexibility index (Phi) is 10.7. The number of ether oxygens (including phenoxy) is 1. The molecule has 230 valence electrons. The van der Waals surface area contributed by atoms with Crippen LogP contribution in [0.2, 0.25) is 0 Å². The standard InChI is InChI=1S/C34H36FN3O5S/c1-4-25(2)36-34(40)26(3)37(23-27-15-17-28(35)18-16-27)33(39)24-38(44(41,42)32-13-9-6-10-14-32)29-19-21-31(22-20-29)43-30-11-7-5-8-12-30/h5-22,25-26H,4,23-24H2,1-3H3,(H,36,40)/t25-,26-/m0/s1. The van der Waals surface area contributed by atoms with E-state index in [0.29, 0.717) is 23.5 Å². The Bertz CT molecular complexity index is 1630. The molecule has 0 aromatic heterocycles. The summed E-state index contributed by atoms with van der Waals surface area (Å²) in [6, 6.07) is 27.9. The Morgan fingerprint density at radius 3 is 1.98 bits per heavy atom. The molecule has 4 aromatic rings. The molecule has 1 N–H and O–H groups in total. The monoisotopic (exact) mass is 617 g/mol. The summed E-state index contributed by atoms with van der Waals surface area (Å²) in [5.74, 6) is -0.323. The fraction of sp³-hybridized carbons (Fsp3) is 0.235. The first-order valence-electron chi connectivity index (χ1n) is 14.3. The molecule has 0 aliphatic rings. The maximum Gasteiger partial charge on any atom is 0.264 e. The van der Waals surface area contributed by atoms with Crippen molar-refractivity contribution in [2.24, 2.45) is 0 Å². The van der Waals surface area contributed by atoms with E-state index in [9.17, 15) is 22.4 Å². The van der Waals surface area contributed by atoms with Gasteiger partial charge in [0, 0.05) is 12.6 Å². The van der Waals surface area contributed by atoms with Gasteiger partial charge in [0.2, 0.25) is 11.8 Å². The van der Waals surface area contributed by atoms with Crippen LogP contribution in [0.3, 0.4) is 0 Å². The average Bonchev–Trinajstić information content (AvgIpc) is 3.04. The zero-order valence-electron chi connectivity index (χ0n) is 24.9. The van der Waals surface area contributed by atoms with Crippen LogP contribution in [-0.4, -0.2) is 43.8 Å². The summed E-state index contributed by atoms with van der Waals surface area (Å²) >= 11 is 0. The van der Waals surface area contributed by atoms with Crippen molar-refractivity contribution in [2.75, 3.05) is 10.8 Å². The van der Waals surface area contributed by atoms with Gasteiger partial charge in [-0.1, -0.05) is 55.5 Å². The molecule has 8 nitrogen and oxygen atoms in total. The van der Waals surface area contributed by atoms with Crippen molar-refractivity contribution in [3.05, 3.63) is 121 Å². The van der Waals surface area contributed by atoms with E-state index in [4.69, 9.17) is 4.74 Å². The summed E-state index contributed by atoms with van der Waals surface area (Å²) in [6.07, 6.45) is 0.692. The van der Waals surface area contributed by atoms with Crippen LogP contribution in [0.1, 0.15) is 32.8 Å². The number of anilines is 1. The molecule has 0 spiro atoms. The SMILES string of the molecule is CC[C@H](C)NC(=O)[C@H](C)N(Cc1ccc(F)cc1)C(=O)CN(c1ccc(Oc2ccccc2)cc1)S(=O)(=O)c1ccccc1. The van der Waals surface area contributed by atoms with Gasteiger partial charge in [0.25, 0.3) is 10.0 Å². The van der Waals surface area contributed by atoms with E-state index in [-0.39, 0.29) is 29.1 Å². The fourth-order valence-corrected chi connectivity index (χ4v) is 5.82. The number of sulfonamides is 1. The predicted molar refractivity (Wildman–Crippen MR) is 168 cm³/mol. The Hall–Kier alpha value is -4.70. The molecule has 0 aliphatic carbocycles. The minimum absolute atomic E-state index is 0.00468. The number of hydrogen-bond acceptors (Lipinski definition) is 5. The number of amides is 2. The topological polar surface area (TPSA) is 96.0 Å². The van der Waals surface area contributed by atoms with Crippen LogP contribution >= 0.6 is 0 Å². The van der Waals surface area contributed by atoms with Gasteiger partial charge in [0.05, 0.1) is 10.6 Å². The van der Waals surface area contributed by atoms with E-state index in [2.05, 4.69) is 5.32 Å². The van der Waals surface area contributed by atoms with Gasteiger partial charge in [-0.3, -0.25) is 13.9 Å². The third-order valence-corrected chi connectivity index (χ3v) is 8.94. The second-order valence-corrected chi connectivity index (χ2v) is 12.2. The van der Waals surface area contributed by atoms with Crippen molar-refractivity contribution >= 4 is 27.5 Å². The van der Waals surface area contributed by atoms with Crippen LogP contribution in [0.5, 0.6) is 11.5 Å². The van der Waals surface area contributed by atoms with E-state index in [1.807, 2.05) is 32.0 Å². The molecule has 4 rings (SSSR count). The lowest BCUT2D eigenvalue weighted by Crippen LogP contribution is -2.52. The van der Waals surface area contributed by atoms with Crippen LogP contribution in [-0.2, 0) is 26.2 Å². The maximum atomic E-state index is 14.0. The minimum Gasteiger partial charge on any atom is -0.457 e. The lowest BCUT2D eigenvalue weighted by Gasteiger charge is -2.32. The average molecular weight is 618 g/mol. The van der Waals surface area contributed by atoms with Gasteiger partial charge in [0.15, 0.2) is 0 Å². The summed E-state index contributed by atoms with van der Waals surface area (Å²) in [5.41, 5.74) is 0.823. The minimum atomic E-state index is -4.21. The number of halogens is 1. The Labute approximate surface area is 258 Å². The van der Waals surface area contributed by atoms with Gasteiger partial charge >= 0.3 is 0 Å². The van der Waals surface area contributed by atoms with Crippen molar-refractivity contribution in [2.45, 2.75) is 50.7 Å². The third kappa shape index (κ3) is 8.23. The highest BCUT2D eigenvalue weighted by atomic mass is 32.2. The fourth-order valence-electron chi connectivity index (χ4n) is 4.39. The molecule has 0 fully saturated rings. The summed E-state index contributed by atoms with van der Waals surface area (Å²) in [5, 5.41) is 2.89. The van der Waals surface area contributed by atoms with Crippen LogP contribution in [0.15, 0.2) is 114 Å². The zero-order valence-corrected chi connectivity index (χ0v) is 25.7. The van der Waals surface area contributed by atoms with Gasteiger partial charge in [-0.25, -0.2) is 12.8 Å². The van der Waals surface area contributed by atoms with Gasteiger partial charge in [-0.05, 0) is 86.5 Å². The number of benzene rings is 4. The van der Waals surface area contributed by atoms with Crippen LogP contribution in [0, 0.1) is 5.82 Å². The van der Waals surface area contributed by atoms with Gasteiger partial charge in [0.1, 0.15) is 29.9 Å². The Morgan fingerprint density at radius 2 is 1.39 bits per heavy atom. The van der Waals surface area contributed by atoms with E-state index in [1.54, 1.807) is 61.5 Å². The number of para-hydroxylation sites is 1. The van der Waals surface area contributed by atoms with Crippen LogP contribution < -0.4 is 14.4 Å². The molecule has 2 amide bonds. The Morgan fingerprint density at radius 1 is 0.818 bits per heavy atom. The van der Waals surface area contributed by atoms with E-state index < -0.39 is 34.3 Å². The van der Waals surface area contributed by atoms with Crippen LogP contribution in [0.4, 0.5) is 10.1 Å². The number of carbonyl (C=O) groups is 2. The number of hydrogen-bond donors (Lipinski definition) is 1. The first kappa shape index (κ1) is 32.2. The number of nitrogens with zero attached hydrogens (tertiary/aromatic N) is 2. The molecule has 10 heteroatoms. The molecule has 0 heterocycles. The van der Waals surface area contributed by atoms with Crippen molar-refractivity contribution < 1.29 is 27.1 Å². The van der Waals surface area contributed by atoms with E-state index in [1.165, 1.54) is 41.3 Å². The summed E-state index contributed by atoms with van der Waals surface area (Å²) in [7, 11) is -4.21. The predicted octanol–water partition coefficient (Wildman–Crippen LogP) is 6.15.